The first-order chi connectivity index (χ1) is 19.2. The van der Waals surface area contributed by atoms with Crippen LogP contribution in [0.5, 0.6) is 11.5 Å². The summed E-state index contributed by atoms with van der Waals surface area (Å²) in [4.78, 5) is 42.9. The highest BCUT2D eigenvalue weighted by Gasteiger charge is 2.75. The van der Waals surface area contributed by atoms with Crippen molar-refractivity contribution in [2.24, 2.45) is 10.5 Å². The van der Waals surface area contributed by atoms with Crippen LogP contribution < -0.4 is 9.47 Å². The van der Waals surface area contributed by atoms with Crippen LogP contribution in [-0.2, 0) is 19.1 Å². The van der Waals surface area contributed by atoms with Crippen molar-refractivity contribution >= 4 is 23.9 Å². The van der Waals surface area contributed by atoms with Crippen molar-refractivity contribution in [3.8, 4) is 11.5 Å². The Morgan fingerprint density at radius 1 is 0.850 bits per heavy atom. The lowest BCUT2D eigenvalue weighted by molar-refractivity contribution is -0.254. The number of methoxy groups -OCH3 is 2. The minimum absolute atomic E-state index is 0.313. The van der Waals surface area contributed by atoms with Gasteiger partial charge in [0.2, 0.25) is 5.41 Å². The van der Waals surface area contributed by atoms with Crippen LogP contribution in [0.25, 0.3) is 0 Å². The SMILES string of the molecule is COc1ccc(C(=O)[C@@H]2[C@H](c3ccc(OC)cc3)C3(C(=O)OC(C)(C)OC3=O)[C@@H]3c4ccccc4C=NN23)cc1. The largest absolute Gasteiger partial charge is 0.497 e. The second-order valence-electron chi connectivity index (χ2n) is 10.5. The first kappa shape index (κ1) is 25.6. The Hall–Kier alpha value is -4.66. The number of fused-ring (bicyclic) bond motifs is 4. The Balaban J connectivity index is 1.62. The maximum atomic E-state index is 14.4. The minimum Gasteiger partial charge on any atom is -0.497 e. The predicted molar refractivity (Wildman–Crippen MR) is 144 cm³/mol. The van der Waals surface area contributed by atoms with Crippen LogP contribution in [0.3, 0.4) is 0 Å². The Morgan fingerprint density at radius 3 is 2.02 bits per heavy atom. The maximum absolute atomic E-state index is 14.4. The average molecular weight is 541 g/mol. The van der Waals surface area contributed by atoms with Crippen LogP contribution in [0, 0.1) is 5.41 Å². The zero-order valence-corrected chi connectivity index (χ0v) is 22.5. The molecule has 3 aliphatic heterocycles. The Morgan fingerprint density at radius 2 is 1.43 bits per heavy atom. The van der Waals surface area contributed by atoms with Gasteiger partial charge in [0.1, 0.15) is 23.6 Å². The summed E-state index contributed by atoms with van der Waals surface area (Å²) in [7, 11) is 3.09. The summed E-state index contributed by atoms with van der Waals surface area (Å²) in [6, 6.07) is 19.1. The van der Waals surface area contributed by atoms with Crippen molar-refractivity contribution in [2.75, 3.05) is 14.2 Å². The number of ether oxygens (including phenoxy) is 4. The molecule has 0 aliphatic carbocycles. The molecule has 3 aliphatic rings. The molecule has 0 aromatic heterocycles. The van der Waals surface area contributed by atoms with E-state index < -0.39 is 41.1 Å². The van der Waals surface area contributed by atoms with Gasteiger partial charge in [-0.15, -0.1) is 0 Å². The van der Waals surface area contributed by atoms with Crippen LogP contribution in [-0.4, -0.2) is 55.0 Å². The Bertz CT molecular complexity index is 1510. The molecule has 2 fully saturated rings. The molecule has 3 aromatic carbocycles. The molecular formula is C31H28N2O7. The summed E-state index contributed by atoms with van der Waals surface area (Å²) in [6.45, 7) is 3.02. The van der Waals surface area contributed by atoms with E-state index in [1.165, 1.54) is 13.8 Å². The van der Waals surface area contributed by atoms with E-state index in [0.717, 1.165) is 5.56 Å². The van der Waals surface area contributed by atoms with Gasteiger partial charge in [0.15, 0.2) is 5.78 Å². The first-order valence-corrected chi connectivity index (χ1v) is 12.9. The zero-order valence-electron chi connectivity index (χ0n) is 22.5. The lowest BCUT2D eigenvalue weighted by atomic mass is 9.65. The number of ketones is 1. The highest BCUT2D eigenvalue weighted by Crippen LogP contribution is 2.63. The second kappa shape index (κ2) is 9.22. The number of rotatable bonds is 5. The van der Waals surface area contributed by atoms with Gasteiger partial charge in [-0.1, -0.05) is 36.4 Å². The third-order valence-electron chi connectivity index (χ3n) is 7.88. The molecule has 0 bridgehead atoms. The Labute approximate surface area is 231 Å². The minimum atomic E-state index is -1.93. The summed E-state index contributed by atoms with van der Waals surface area (Å²) in [5.74, 6) is -3.13. The fourth-order valence-corrected chi connectivity index (χ4v) is 6.12. The monoisotopic (exact) mass is 540 g/mol. The Kier molecular flexibility index (Phi) is 5.90. The number of nitrogens with zero attached hydrogens (tertiary/aromatic N) is 2. The molecule has 40 heavy (non-hydrogen) atoms. The molecule has 3 aromatic rings. The third kappa shape index (κ3) is 3.68. The molecule has 1 spiro atoms. The molecule has 0 unspecified atom stereocenters. The van der Waals surface area contributed by atoms with Gasteiger partial charge in [0.25, 0.3) is 5.79 Å². The number of hydrazone groups is 1. The molecule has 0 amide bonds. The van der Waals surface area contributed by atoms with Crippen LogP contribution >= 0.6 is 0 Å². The van der Waals surface area contributed by atoms with E-state index in [0.29, 0.717) is 28.2 Å². The lowest BCUT2D eigenvalue weighted by Crippen LogP contribution is -2.58. The number of benzene rings is 3. The molecule has 0 saturated carbocycles. The quantitative estimate of drug-likeness (QED) is 0.269. The standard InChI is InChI=1S/C31H28N2O7/c1-30(2)39-28(35)31(29(36)40-30)24(18-9-13-21(37-3)14-10-18)25(26(34)19-11-15-22(38-4)16-12-19)33-27(31)23-8-6-5-7-20(23)17-32-33/h5-17,24-25,27H,1-4H3/t24-,25-,27-/m0/s1. The number of esters is 2. The number of carbonyl (C=O) groups is 3. The van der Waals surface area contributed by atoms with E-state index in [1.54, 1.807) is 74.0 Å². The highest BCUT2D eigenvalue weighted by molar-refractivity contribution is 6.09. The summed E-state index contributed by atoms with van der Waals surface area (Å²) < 4.78 is 22.2. The summed E-state index contributed by atoms with van der Waals surface area (Å²) in [5, 5.41) is 6.26. The lowest BCUT2D eigenvalue weighted by Gasteiger charge is -2.44. The first-order valence-electron chi connectivity index (χ1n) is 12.9. The summed E-state index contributed by atoms with van der Waals surface area (Å²) in [5.41, 5.74) is 0.440. The molecule has 3 heterocycles. The second-order valence-corrected chi connectivity index (χ2v) is 10.5. The number of hydrogen-bond donors (Lipinski definition) is 0. The van der Waals surface area contributed by atoms with Gasteiger partial charge < -0.3 is 18.9 Å². The van der Waals surface area contributed by atoms with Crippen molar-refractivity contribution in [1.29, 1.82) is 0 Å². The van der Waals surface area contributed by atoms with Crippen molar-refractivity contribution in [2.45, 2.75) is 37.6 Å². The van der Waals surface area contributed by atoms with Crippen molar-refractivity contribution in [3.05, 3.63) is 95.1 Å². The molecule has 0 N–H and O–H groups in total. The molecule has 9 heteroatoms. The van der Waals surface area contributed by atoms with Crippen LogP contribution in [0.4, 0.5) is 0 Å². The van der Waals surface area contributed by atoms with E-state index in [1.807, 2.05) is 24.3 Å². The van der Waals surface area contributed by atoms with Crippen molar-refractivity contribution in [1.82, 2.24) is 5.01 Å². The smallest absolute Gasteiger partial charge is 0.330 e. The number of hydrogen-bond acceptors (Lipinski definition) is 9. The molecule has 204 valence electrons. The number of carbonyl (C=O) groups excluding carboxylic acids is 3. The van der Waals surface area contributed by atoms with E-state index in [9.17, 15) is 14.4 Å². The van der Waals surface area contributed by atoms with E-state index >= 15 is 0 Å². The van der Waals surface area contributed by atoms with E-state index in [2.05, 4.69) is 5.10 Å². The molecule has 6 rings (SSSR count). The van der Waals surface area contributed by atoms with Gasteiger partial charge in [-0.05, 0) is 53.1 Å². The molecule has 2 saturated heterocycles. The van der Waals surface area contributed by atoms with Crippen molar-refractivity contribution in [3.63, 3.8) is 0 Å². The van der Waals surface area contributed by atoms with Gasteiger partial charge >= 0.3 is 11.9 Å². The van der Waals surface area contributed by atoms with Gasteiger partial charge in [-0.25, -0.2) is 0 Å². The van der Waals surface area contributed by atoms with E-state index in [-0.39, 0.29) is 5.78 Å². The summed E-state index contributed by atoms with van der Waals surface area (Å²) in [6.07, 6.45) is 1.65. The van der Waals surface area contributed by atoms with Gasteiger partial charge in [0, 0.05) is 25.3 Å². The van der Waals surface area contributed by atoms with Gasteiger partial charge in [-0.2, -0.15) is 5.10 Å². The molecule has 3 atom stereocenters. The topological polar surface area (TPSA) is 104 Å². The fraction of sp³-hybridized carbons (Fsp3) is 0.290. The number of Topliss-reactive ketones (excluding diaryl/α,β-unsaturated/α-hetero) is 1. The van der Waals surface area contributed by atoms with Crippen LogP contribution in [0.15, 0.2) is 77.9 Å². The van der Waals surface area contributed by atoms with Crippen molar-refractivity contribution < 1.29 is 33.3 Å². The van der Waals surface area contributed by atoms with E-state index in [4.69, 9.17) is 18.9 Å². The zero-order chi connectivity index (χ0) is 28.2. The number of cyclic esters (lactones) is 2. The van der Waals surface area contributed by atoms with Gasteiger partial charge in [-0.3, -0.25) is 19.4 Å². The van der Waals surface area contributed by atoms with Crippen LogP contribution in [0.1, 0.15) is 52.9 Å². The van der Waals surface area contributed by atoms with Crippen LogP contribution in [0.2, 0.25) is 0 Å². The molecule has 0 radical (unpaired) electrons. The normalized spacial score (nSPS) is 23.6. The summed E-state index contributed by atoms with van der Waals surface area (Å²) >= 11 is 0. The highest BCUT2D eigenvalue weighted by atomic mass is 16.7. The predicted octanol–water partition coefficient (Wildman–Crippen LogP) is 4.27. The molecular weight excluding hydrogens is 512 g/mol. The van der Waals surface area contributed by atoms with Gasteiger partial charge in [0.05, 0.1) is 20.4 Å². The fourth-order valence-electron chi connectivity index (χ4n) is 6.12. The average Bonchev–Trinajstić information content (AvgIpc) is 3.28. The third-order valence-corrected chi connectivity index (χ3v) is 7.88. The maximum Gasteiger partial charge on any atom is 0.330 e. The molecule has 9 nitrogen and oxygen atoms in total.